The summed E-state index contributed by atoms with van der Waals surface area (Å²) in [6.45, 7) is 1.33. The van der Waals surface area contributed by atoms with Crippen molar-refractivity contribution in [1.82, 2.24) is 5.32 Å². The molecule has 0 aromatic heterocycles. The average Bonchev–Trinajstić information content (AvgIpc) is 1.96. The molecule has 4 heteroatoms. The smallest absolute Gasteiger partial charge is 0.221 e. The van der Waals surface area contributed by atoms with Crippen LogP contribution in [0.4, 0.5) is 0 Å². The Morgan fingerprint density at radius 3 is 3.00 bits per heavy atom. The molecule has 0 radical (unpaired) electrons. The van der Waals surface area contributed by atoms with E-state index >= 15 is 0 Å². The van der Waals surface area contributed by atoms with E-state index < -0.39 is 6.10 Å². The number of Topliss-reactive ketones (excluding diaryl/α,β-unsaturated/α-hetero) is 1. The number of carbonyl (C=O) groups excluding carboxylic acids is 2. The van der Waals surface area contributed by atoms with Gasteiger partial charge in [0.25, 0.3) is 0 Å². The van der Waals surface area contributed by atoms with Gasteiger partial charge in [0.15, 0.2) is 5.78 Å². The van der Waals surface area contributed by atoms with E-state index in [1.807, 2.05) is 0 Å². The van der Waals surface area contributed by atoms with Crippen LogP contribution >= 0.6 is 0 Å². The molecule has 0 saturated heterocycles. The highest BCUT2D eigenvalue weighted by Gasteiger charge is 2.19. The van der Waals surface area contributed by atoms with Gasteiger partial charge >= 0.3 is 0 Å². The zero-order valence-corrected chi connectivity index (χ0v) is 6.83. The van der Waals surface area contributed by atoms with Crippen molar-refractivity contribution >= 4 is 11.7 Å². The number of hydrogen-bond acceptors (Lipinski definition) is 3. The SMILES string of the molecule is CC(=O)NC1=C[C@H](O)CCC1=O. The fourth-order valence-corrected chi connectivity index (χ4v) is 1.08. The number of hydrogen-bond donors (Lipinski definition) is 2. The molecule has 0 fully saturated rings. The van der Waals surface area contributed by atoms with Gasteiger partial charge in [-0.2, -0.15) is 0 Å². The van der Waals surface area contributed by atoms with Crippen molar-refractivity contribution in [2.45, 2.75) is 25.9 Å². The van der Waals surface area contributed by atoms with Gasteiger partial charge in [0, 0.05) is 13.3 Å². The molecule has 4 nitrogen and oxygen atoms in total. The number of amides is 1. The normalized spacial score (nSPS) is 23.3. The molecule has 0 aromatic carbocycles. The predicted octanol–water partition coefficient (Wildman–Crippen LogP) is -0.270. The highest BCUT2D eigenvalue weighted by atomic mass is 16.3. The molecule has 0 aromatic rings. The van der Waals surface area contributed by atoms with E-state index in [1.165, 1.54) is 13.0 Å². The second-order valence-corrected chi connectivity index (χ2v) is 2.79. The third-order valence-corrected chi connectivity index (χ3v) is 1.64. The fraction of sp³-hybridized carbons (Fsp3) is 0.500. The van der Waals surface area contributed by atoms with Crippen LogP contribution < -0.4 is 5.32 Å². The van der Waals surface area contributed by atoms with Gasteiger partial charge in [-0.15, -0.1) is 0 Å². The van der Waals surface area contributed by atoms with Crippen molar-refractivity contribution in [3.63, 3.8) is 0 Å². The van der Waals surface area contributed by atoms with E-state index in [2.05, 4.69) is 5.32 Å². The molecule has 0 spiro atoms. The van der Waals surface area contributed by atoms with E-state index in [-0.39, 0.29) is 17.4 Å². The minimum Gasteiger partial charge on any atom is -0.389 e. The summed E-state index contributed by atoms with van der Waals surface area (Å²) in [5.41, 5.74) is 0.223. The van der Waals surface area contributed by atoms with Crippen LogP contribution in [-0.2, 0) is 9.59 Å². The Labute approximate surface area is 70.3 Å². The second kappa shape index (κ2) is 3.49. The Kier molecular flexibility index (Phi) is 2.60. The molecule has 0 heterocycles. The quantitative estimate of drug-likeness (QED) is 0.567. The molecule has 1 atom stereocenters. The number of allylic oxidation sites excluding steroid dienone is 1. The fourth-order valence-electron chi connectivity index (χ4n) is 1.08. The summed E-state index contributed by atoms with van der Waals surface area (Å²) >= 11 is 0. The molecule has 1 amide bonds. The third-order valence-electron chi connectivity index (χ3n) is 1.64. The summed E-state index contributed by atoms with van der Waals surface area (Å²) in [5.74, 6) is -0.404. The predicted molar refractivity (Wildman–Crippen MR) is 42.1 cm³/mol. The molecule has 1 aliphatic carbocycles. The first-order valence-electron chi connectivity index (χ1n) is 3.80. The minimum absolute atomic E-state index is 0.115. The van der Waals surface area contributed by atoms with Crippen LogP contribution in [0.15, 0.2) is 11.8 Å². The van der Waals surface area contributed by atoms with Crippen LogP contribution in [0.1, 0.15) is 19.8 Å². The van der Waals surface area contributed by atoms with Gasteiger partial charge < -0.3 is 10.4 Å². The summed E-state index contributed by atoms with van der Waals surface area (Å²) in [5, 5.41) is 11.5. The van der Waals surface area contributed by atoms with Gasteiger partial charge in [0.05, 0.1) is 11.8 Å². The third kappa shape index (κ3) is 2.17. The van der Waals surface area contributed by atoms with Crippen LogP contribution in [0, 0.1) is 0 Å². The maximum Gasteiger partial charge on any atom is 0.221 e. The average molecular weight is 169 g/mol. The number of aliphatic hydroxyl groups excluding tert-OH is 1. The molecule has 0 aliphatic heterocycles. The van der Waals surface area contributed by atoms with E-state index in [1.54, 1.807) is 0 Å². The first kappa shape index (κ1) is 8.93. The van der Waals surface area contributed by atoms with E-state index in [9.17, 15) is 9.59 Å². The molecule has 2 N–H and O–H groups in total. The number of ketones is 1. The Morgan fingerprint density at radius 2 is 2.42 bits per heavy atom. The van der Waals surface area contributed by atoms with Crippen molar-refractivity contribution in [3.8, 4) is 0 Å². The molecule has 66 valence electrons. The molecule has 0 bridgehead atoms. The van der Waals surface area contributed by atoms with E-state index in [4.69, 9.17) is 5.11 Å². The standard InChI is InChI=1S/C8H11NO3/c1-5(10)9-7-4-6(11)2-3-8(7)12/h4,6,11H,2-3H2,1H3,(H,9,10)/t6-/m1/s1. The maximum absolute atomic E-state index is 11.1. The molecular weight excluding hydrogens is 158 g/mol. The number of carbonyl (C=O) groups is 2. The lowest BCUT2D eigenvalue weighted by molar-refractivity contribution is -0.122. The Balaban J connectivity index is 2.71. The monoisotopic (exact) mass is 169 g/mol. The largest absolute Gasteiger partial charge is 0.389 e. The van der Waals surface area contributed by atoms with E-state index in [0.717, 1.165) is 0 Å². The first-order chi connectivity index (χ1) is 5.59. The van der Waals surface area contributed by atoms with Crippen molar-refractivity contribution in [2.24, 2.45) is 0 Å². The summed E-state index contributed by atoms with van der Waals surface area (Å²) in [4.78, 5) is 21.7. The number of rotatable bonds is 1. The van der Waals surface area contributed by atoms with Gasteiger partial charge in [-0.25, -0.2) is 0 Å². The second-order valence-electron chi connectivity index (χ2n) is 2.79. The number of aliphatic hydroxyl groups is 1. The molecule has 1 rings (SSSR count). The molecule has 1 aliphatic rings. The van der Waals surface area contributed by atoms with Gasteiger partial charge in [-0.1, -0.05) is 0 Å². The Hall–Kier alpha value is -1.16. The van der Waals surface area contributed by atoms with Crippen LogP contribution in [0.25, 0.3) is 0 Å². The number of nitrogens with one attached hydrogen (secondary N) is 1. The molecule has 12 heavy (non-hydrogen) atoms. The highest BCUT2D eigenvalue weighted by Crippen LogP contribution is 2.12. The molecule has 0 saturated carbocycles. The van der Waals surface area contributed by atoms with Crippen molar-refractivity contribution in [2.75, 3.05) is 0 Å². The van der Waals surface area contributed by atoms with Crippen LogP contribution in [0.5, 0.6) is 0 Å². The summed E-state index contributed by atoms with van der Waals surface area (Å²) in [6.07, 6.45) is 1.52. The van der Waals surface area contributed by atoms with Crippen molar-refractivity contribution < 1.29 is 14.7 Å². The summed E-state index contributed by atoms with van der Waals surface area (Å²) in [6, 6.07) is 0. The molecule has 0 unspecified atom stereocenters. The lowest BCUT2D eigenvalue weighted by atomic mass is 10.0. The Morgan fingerprint density at radius 1 is 1.75 bits per heavy atom. The minimum atomic E-state index is -0.607. The first-order valence-corrected chi connectivity index (χ1v) is 3.80. The Bertz CT molecular complexity index is 245. The van der Waals surface area contributed by atoms with Crippen molar-refractivity contribution in [1.29, 1.82) is 0 Å². The zero-order chi connectivity index (χ0) is 9.14. The zero-order valence-electron chi connectivity index (χ0n) is 6.83. The van der Waals surface area contributed by atoms with Gasteiger partial charge in [0.1, 0.15) is 0 Å². The lowest BCUT2D eigenvalue weighted by Crippen LogP contribution is -2.29. The highest BCUT2D eigenvalue weighted by molar-refractivity contribution is 5.99. The van der Waals surface area contributed by atoms with Crippen LogP contribution in [-0.4, -0.2) is 22.9 Å². The summed E-state index contributed by atoms with van der Waals surface area (Å²) in [7, 11) is 0. The maximum atomic E-state index is 11.1. The van der Waals surface area contributed by atoms with Crippen LogP contribution in [0.2, 0.25) is 0 Å². The topological polar surface area (TPSA) is 66.4 Å². The summed E-state index contributed by atoms with van der Waals surface area (Å²) < 4.78 is 0. The van der Waals surface area contributed by atoms with E-state index in [0.29, 0.717) is 12.8 Å². The van der Waals surface area contributed by atoms with Gasteiger partial charge in [-0.3, -0.25) is 9.59 Å². The lowest BCUT2D eigenvalue weighted by Gasteiger charge is -2.15. The van der Waals surface area contributed by atoms with Gasteiger partial charge in [0.2, 0.25) is 5.91 Å². The van der Waals surface area contributed by atoms with Gasteiger partial charge in [-0.05, 0) is 12.5 Å². The van der Waals surface area contributed by atoms with Crippen LogP contribution in [0.3, 0.4) is 0 Å². The molecular formula is C8H11NO3. The van der Waals surface area contributed by atoms with Crippen molar-refractivity contribution in [3.05, 3.63) is 11.8 Å².